The van der Waals surface area contributed by atoms with Crippen LogP contribution >= 0.6 is 0 Å². The van der Waals surface area contributed by atoms with E-state index < -0.39 is 0 Å². The van der Waals surface area contributed by atoms with Crippen molar-refractivity contribution in [1.82, 2.24) is 10.2 Å². The molecule has 1 atom stereocenters. The molecule has 114 valence electrons. The Morgan fingerprint density at radius 3 is 2.55 bits per heavy atom. The molecule has 0 saturated carbocycles. The van der Waals surface area contributed by atoms with Gasteiger partial charge in [-0.15, -0.1) is 0 Å². The largest absolute Gasteiger partial charge is 0.497 e. The second-order valence-electron chi connectivity index (χ2n) is 6.52. The molecule has 0 aliphatic heterocycles. The number of nitrogens with zero attached hydrogens (tertiary/aromatic N) is 1. The first-order chi connectivity index (χ1) is 9.36. The summed E-state index contributed by atoms with van der Waals surface area (Å²) in [6.07, 6.45) is 0. The molecule has 1 N–H and O–H groups in total. The highest BCUT2D eigenvalue weighted by molar-refractivity contribution is 5.28. The summed E-state index contributed by atoms with van der Waals surface area (Å²) in [5.41, 5.74) is 1.55. The van der Waals surface area contributed by atoms with Crippen molar-refractivity contribution in [1.29, 1.82) is 0 Å². The maximum Gasteiger partial charge on any atom is 0.119 e. The third kappa shape index (κ3) is 5.51. The first-order valence-electron chi connectivity index (χ1n) is 7.41. The van der Waals surface area contributed by atoms with Gasteiger partial charge in [0.1, 0.15) is 5.75 Å². The molecule has 0 amide bonds. The number of rotatable bonds is 7. The normalized spacial score (nSPS) is 13.6. The van der Waals surface area contributed by atoms with Crippen LogP contribution in [0.1, 0.15) is 33.3 Å². The Kier molecular flexibility index (Phi) is 6.50. The molecule has 3 heteroatoms. The fourth-order valence-corrected chi connectivity index (χ4v) is 2.35. The predicted octanol–water partition coefficient (Wildman–Crippen LogP) is 3.15. The van der Waals surface area contributed by atoms with Gasteiger partial charge in [0.15, 0.2) is 0 Å². The number of hydrogen-bond donors (Lipinski definition) is 1. The zero-order chi connectivity index (χ0) is 15.2. The highest BCUT2D eigenvalue weighted by atomic mass is 16.5. The lowest BCUT2D eigenvalue weighted by atomic mass is 9.86. The van der Waals surface area contributed by atoms with E-state index in [4.69, 9.17) is 4.74 Å². The van der Waals surface area contributed by atoms with Gasteiger partial charge in [-0.25, -0.2) is 0 Å². The fraction of sp³-hybridized carbons (Fsp3) is 0.647. The van der Waals surface area contributed by atoms with E-state index in [1.165, 1.54) is 5.56 Å². The fourth-order valence-electron chi connectivity index (χ4n) is 2.35. The van der Waals surface area contributed by atoms with Gasteiger partial charge in [0, 0.05) is 19.1 Å². The van der Waals surface area contributed by atoms with Gasteiger partial charge in [-0.3, -0.25) is 0 Å². The molecule has 0 saturated heterocycles. The molecular weight excluding hydrogens is 248 g/mol. The molecule has 1 unspecified atom stereocenters. The van der Waals surface area contributed by atoms with Crippen molar-refractivity contribution in [3.05, 3.63) is 29.8 Å². The minimum Gasteiger partial charge on any atom is -0.497 e. The summed E-state index contributed by atoms with van der Waals surface area (Å²) in [5.74, 6) is 0.926. The van der Waals surface area contributed by atoms with E-state index in [1.54, 1.807) is 7.11 Å². The quantitative estimate of drug-likeness (QED) is 0.829. The number of methoxy groups -OCH3 is 1. The first-order valence-corrected chi connectivity index (χ1v) is 7.41. The highest BCUT2D eigenvalue weighted by Gasteiger charge is 2.24. The molecule has 1 aromatic rings. The molecule has 1 aromatic carbocycles. The van der Waals surface area contributed by atoms with Gasteiger partial charge in [0.05, 0.1) is 7.11 Å². The van der Waals surface area contributed by atoms with Crippen molar-refractivity contribution in [2.45, 2.75) is 40.3 Å². The Hall–Kier alpha value is -1.06. The summed E-state index contributed by atoms with van der Waals surface area (Å²) >= 11 is 0. The number of nitrogens with one attached hydrogen (secondary N) is 1. The Labute approximate surface area is 124 Å². The number of likely N-dealkylation sites (N-methyl/N-ethyl adjacent to an activating group) is 2. The smallest absolute Gasteiger partial charge is 0.119 e. The molecule has 0 spiro atoms. The van der Waals surface area contributed by atoms with Crippen molar-refractivity contribution >= 4 is 0 Å². The van der Waals surface area contributed by atoms with E-state index in [9.17, 15) is 0 Å². The van der Waals surface area contributed by atoms with Crippen LogP contribution in [0.3, 0.4) is 0 Å². The SMILES string of the molecule is CCNC(CN(C)Cc1cccc(OC)c1)C(C)(C)C. The van der Waals surface area contributed by atoms with Crippen molar-refractivity contribution in [2.75, 3.05) is 27.2 Å². The average Bonchev–Trinajstić information content (AvgIpc) is 2.37. The second kappa shape index (κ2) is 7.65. The maximum atomic E-state index is 5.28. The highest BCUT2D eigenvalue weighted by Crippen LogP contribution is 2.21. The van der Waals surface area contributed by atoms with Crippen LogP contribution in [-0.4, -0.2) is 38.2 Å². The van der Waals surface area contributed by atoms with Crippen molar-refractivity contribution in [3.63, 3.8) is 0 Å². The van der Waals surface area contributed by atoms with Gasteiger partial charge in [-0.1, -0.05) is 39.8 Å². The summed E-state index contributed by atoms with van der Waals surface area (Å²) in [6.45, 7) is 12.0. The van der Waals surface area contributed by atoms with E-state index in [1.807, 2.05) is 12.1 Å². The standard InChI is InChI=1S/C17H30N2O/c1-7-18-16(17(2,3)4)13-19(5)12-14-9-8-10-15(11-14)20-6/h8-11,16,18H,7,12-13H2,1-6H3. The van der Waals surface area contributed by atoms with Crippen LogP contribution in [0.2, 0.25) is 0 Å². The molecule has 20 heavy (non-hydrogen) atoms. The summed E-state index contributed by atoms with van der Waals surface area (Å²) in [6, 6.07) is 8.78. The molecule has 3 nitrogen and oxygen atoms in total. The topological polar surface area (TPSA) is 24.5 Å². The van der Waals surface area contributed by atoms with Crippen molar-refractivity contribution in [2.24, 2.45) is 5.41 Å². The first kappa shape index (κ1) is 17.0. The maximum absolute atomic E-state index is 5.28. The minimum absolute atomic E-state index is 0.263. The summed E-state index contributed by atoms with van der Waals surface area (Å²) < 4.78 is 5.28. The second-order valence-corrected chi connectivity index (χ2v) is 6.52. The van der Waals surface area contributed by atoms with Crippen LogP contribution in [0.15, 0.2) is 24.3 Å². The number of hydrogen-bond acceptors (Lipinski definition) is 3. The van der Waals surface area contributed by atoms with E-state index >= 15 is 0 Å². The molecule has 0 bridgehead atoms. The van der Waals surface area contributed by atoms with Crippen LogP contribution < -0.4 is 10.1 Å². The Balaban J connectivity index is 2.62. The van der Waals surface area contributed by atoms with Crippen LogP contribution in [0.4, 0.5) is 0 Å². The third-order valence-corrected chi connectivity index (χ3v) is 3.58. The zero-order valence-corrected chi connectivity index (χ0v) is 13.9. The minimum atomic E-state index is 0.263. The lowest BCUT2D eigenvalue weighted by Crippen LogP contribution is -2.47. The van der Waals surface area contributed by atoms with E-state index in [0.717, 1.165) is 25.4 Å². The summed E-state index contributed by atoms with van der Waals surface area (Å²) in [5, 5.41) is 3.60. The Bertz CT molecular complexity index is 398. The number of ether oxygens (including phenoxy) is 1. The molecular formula is C17H30N2O. The van der Waals surface area contributed by atoms with E-state index in [2.05, 4.69) is 57.1 Å². The molecule has 0 radical (unpaired) electrons. The molecule has 0 fully saturated rings. The van der Waals surface area contributed by atoms with E-state index in [0.29, 0.717) is 6.04 Å². The molecule has 0 heterocycles. The number of benzene rings is 1. The van der Waals surface area contributed by atoms with Gasteiger partial charge >= 0.3 is 0 Å². The zero-order valence-electron chi connectivity index (χ0n) is 13.9. The van der Waals surface area contributed by atoms with Gasteiger partial charge in [0.2, 0.25) is 0 Å². The van der Waals surface area contributed by atoms with Crippen molar-refractivity contribution < 1.29 is 4.74 Å². The van der Waals surface area contributed by atoms with Crippen LogP contribution in [0.25, 0.3) is 0 Å². The molecule has 0 aromatic heterocycles. The third-order valence-electron chi connectivity index (χ3n) is 3.58. The lowest BCUT2D eigenvalue weighted by molar-refractivity contribution is 0.192. The Morgan fingerprint density at radius 2 is 2.00 bits per heavy atom. The predicted molar refractivity (Wildman–Crippen MR) is 86.2 cm³/mol. The van der Waals surface area contributed by atoms with Gasteiger partial charge in [0.25, 0.3) is 0 Å². The Morgan fingerprint density at radius 1 is 1.30 bits per heavy atom. The summed E-state index contributed by atoms with van der Waals surface area (Å²) in [4.78, 5) is 2.37. The van der Waals surface area contributed by atoms with Gasteiger partial charge in [-0.05, 0) is 36.7 Å². The van der Waals surface area contributed by atoms with Gasteiger partial charge in [-0.2, -0.15) is 0 Å². The van der Waals surface area contributed by atoms with Crippen LogP contribution in [-0.2, 0) is 6.54 Å². The molecule has 0 aliphatic carbocycles. The monoisotopic (exact) mass is 278 g/mol. The summed E-state index contributed by atoms with van der Waals surface area (Å²) in [7, 11) is 3.89. The van der Waals surface area contributed by atoms with Gasteiger partial charge < -0.3 is 15.0 Å². The average molecular weight is 278 g/mol. The van der Waals surface area contributed by atoms with Crippen molar-refractivity contribution in [3.8, 4) is 5.75 Å². The molecule has 1 rings (SSSR count). The lowest BCUT2D eigenvalue weighted by Gasteiger charge is -2.34. The van der Waals surface area contributed by atoms with Crippen LogP contribution in [0.5, 0.6) is 5.75 Å². The molecule has 0 aliphatic rings. The van der Waals surface area contributed by atoms with E-state index in [-0.39, 0.29) is 5.41 Å². The van der Waals surface area contributed by atoms with Crippen LogP contribution in [0, 0.1) is 5.41 Å².